The fraction of sp³-hybridized carbons (Fsp3) is 0.189. The summed E-state index contributed by atoms with van der Waals surface area (Å²) in [7, 11) is 0. The molecule has 0 heterocycles. The SMILES string of the molecule is Cc1cc2c3c(c1C)c1c(C)c4c(C)c5c(C)c(C)c6c7c(C)cc8c9c%10c(cc(C)c(C)c%10c%10c(C)c%11c(C)c%12c(C)c(C)c%13c%14c(C)cc(c3c%14c1c1c4c3c5c6c(c%11c3c%12c%131)c%10c97)C2=C(C#N)C#N)C8=C(C#N)C#N. The van der Waals surface area contributed by atoms with E-state index in [1.165, 1.54) is 217 Å². The van der Waals surface area contributed by atoms with Crippen molar-refractivity contribution in [1.82, 2.24) is 0 Å². The summed E-state index contributed by atoms with van der Waals surface area (Å²) in [4.78, 5) is 0. The van der Waals surface area contributed by atoms with Crippen LogP contribution in [0.5, 0.6) is 0 Å². The molecule has 2 aliphatic carbocycles. The Bertz CT molecular complexity index is 5720. The van der Waals surface area contributed by atoms with E-state index in [1.807, 2.05) is 0 Å². The Morgan fingerprint density at radius 1 is 0.205 bits per heavy atom. The van der Waals surface area contributed by atoms with Crippen molar-refractivity contribution in [2.24, 2.45) is 0 Å². The highest BCUT2D eigenvalue weighted by Gasteiger charge is 2.40. The van der Waals surface area contributed by atoms with Gasteiger partial charge in [0.2, 0.25) is 0 Å². The van der Waals surface area contributed by atoms with Gasteiger partial charge in [-0.15, -0.1) is 0 Å². The van der Waals surface area contributed by atoms with Crippen LogP contribution in [0.3, 0.4) is 0 Å². The zero-order valence-electron chi connectivity index (χ0n) is 46.1. The van der Waals surface area contributed by atoms with Crippen LogP contribution in [0.4, 0.5) is 0 Å². The fourth-order valence-corrected chi connectivity index (χ4v) is 18.5. The van der Waals surface area contributed by atoms with E-state index in [0.29, 0.717) is 0 Å². The number of fused-ring (bicyclic) bond motifs is 4. The molecule has 0 amide bonds. The molecule has 0 saturated carbocycles. The quantitative estimate of drug-likeness (QED) is 0.0859. The predicted molar refractivity (Wildman–Crippen MR) is 328 cm³/mol. The topological polar surface area (TPSA) is 95.2 Å². The molecule has 4 nitrogen and oxygen atoms in total. The molecule has 362 valence electrons. The van der Waals surface area contributed by atoms with E-state index in [1.54, 1.807) is 0 Å². The van der Waals surface area contributed by atoms with Crippen molar-refractivity contribution in [3.63, 3.8) is 0 Å². The lowest BCUT2D eigenvalue weighted by atomic mass is 9.68. The van der Waals surface area contributed by atoms with Gasteiger partial charge in [-0.3, -0.25) is 0 Å². The first-order valence-corrected chi connectivity index (χ1v) is 27.5. The highest BCUT2D eigenvalue weighted by atomic mass is 14.4. The third kappa shape index (κ3) is 3.81. The van der Waals surface area contributed by atoms with Gasteiger partial charge in [0.1, 0.15) is 35.4 Å². The number of rotatable bonds is 0. The fourth-order valence-electron chi connectivity index (χ4n) is 18.5. The summed E-state index contributed by atoms with van der Waals surface area (Å²) in [5, 5.41) is 82.1. The zero-order chi connectivity index (χ0) is 53.7. The molecule has 0 saturated heterocycles. The number of benzene rings is 16. The Balaban J connectivity index is 1.27. The van der Waals surface area contributed by atoms with Gasteiger partial charge in [-0.1, -0.05) is 24.3 Å². The number of aryl methyl sites for hydroxylation is 14. The van der Waals surface area contributed by atoms with Gasteiger partial charge < -0.3 is 0 Å². The Morgan fingerprint density at radius 3 is 0.705 bits per heavy atom. The Morgan fingerprint density at radius 2 is 0.397 bits per heavy atom. The van der Waals surface area contributed by atoms with Gasteiger partial charge in [0, 0.05) is 11.1 Å². The van der Waals surface area contributed by atoms with Crippen LogP contribution in [0.25, 0.3) is 173 Å². The lowest BCUT2D eigenvalue weighted by Crippen LogP contribution is -2.07. The molecule has 0 spiro atoms. The molecule has 0 aromatic heterocycles. The van der Waals surface area contributed by atoms with E-state index in [4.69, 9.17) is 0 Å². The van der Waals surface area contributed by atoms with Crippen molar-refractivity contribution >= 4 is 173 Å². The monoisotopic (exact) mass is 990 g/mol. The summed E-state index contributed by atoms with van der Waals surface area (Å²) in [5.41, 5.74) is 23.4. The number of nitriles is 4. The van der Waals surface area contributed by atoms with Gasteiger partial charge in [-0.25, -0.2) is 0 Å². The standard InChI is InChI=1S/C74H46N4/c1-23-15-39-55(37(19-75)20-76)41-17-25(3)43-51-31(9)30(8)46-34(12)48-36(14)54-50-28(6)24(2)16-40-56(38(21-77)22-78)42-18-26(4)44-52-32(10)29(7)45-33(11)47-35(13)53-49(27(23)5)57(39)59(41)61(43)69(53)73-65(47)71-64(45)68(52)74(66(48)72(71)63(46)67(51)73)70(54)62(44)60(42)58(40)50/h15-18H,1-14H3. The van der Waals surface area contributed by atoms with Crippen molar-refractivity contribution in [3.05, 3.63) is 136 Å². The van der Waals surface area contributed by atoms with Crippen molar-refractivity contribution < 1.29 is 0 Å². The molecule has 0 fully saturated rings. The molecule has 0 bridgehead atoms. The summed E-state index contributed by atoms with van der Waals surface area (Å²) in [6, 6.07) is 18.6. The molecule has 16 aromatic rings. The van der Waals surface area contributed by atoms with Crippen LogP contribution in [-0.4, -0.2) is 0 Å². The lowest BCUT2D eigenvalue weighted by Gasteiger charge is -2.34. The molecule has 0 atom stereocenters. The van der Waals surface area contributed by atoms with Gasteiger partial charge >= 0.3 is 0 Å². The second-order valence-corrected chi connectivity index (χ2v) is 24.4. The van der Waals surface area contributed by atoms with Crippen molar-refractivity contribution in [1.29, 1.82) is 21.0 Å². The summed E-state index contributed by atoms with van der Waals surface area (Å²) < 4.78 is 0. The van der Waals surface area contributed by atoms with Crippen LogP contribution in [0.1, 0.15) is 100 Å². The highest BCUT2D eigenvalue weighted by Crippen LogP contribution is 2.66. The maximum atomic E-state index is 10.7. The van der Waals surface area contributed by atoms with E-state index in [2.05, 4.69) is 145 Å². The first-order chi connectivity index (χ1) is 37.5. The van der Waals surface area contributed by atoms with E-state index in [0.717, 1.165) is 55.7 Å². The summed E-state index contributed by atoms with van der Waals surface area (Å²) in [6.07, 6.45) is 0. The zero-order valence-corrected chi connectivity index (χ0v) is 46.1. The second-order valence-electron chi connectivity index (χ2n) is 24.4. The molecule has 0 unspecified atom stereocenters. The molecule has 2 aliphatic rings. The molecule has 4 heteroatoms. The minimum Gasteiger partial charge on any atom is -0.192 e. The Kier molecular flexibility index (Phi) is 6.91. The van der Waals surface area contributed by atoms with Crippen LogP contribution in [0.2, 0.25) is 0 Å². The van der Waals surface area contributed by atoms with Gasteiger partial charge in [0.15, 0.2) is 0 Å². The van der Waals surface area contributed by atoms with Gasteiger partial charge in [-0.05, 0) is 359 Å². The van der Waals surface area contributed by atoms with E-state index in [-0.39, 0.29) is 11.1 Å². The number of hydrogen-bond acceptors (Lipinski definition) is 4. The maximum absolute atomic E-state index is 10.7. The normalized spacial score (nSPS) is 13.7. The van der Waals surface area contributed by atoms with Crippen molar-refractivity contribution in [2.45, 2.75) is 96.9 Å². The number of hydrogen-bond donors (Lipinski definition) is 0. The Hall–Kier alpha value is -9.32. The van der Waals surface area contributed by atoms with Crippen LogP contribution in [0.15, 0.2) is 35.4 Å². The molecular formula is C74H46N4. The van der Waals surface area contributed by atoms with E-state index in [9.17, 15) is 21.0 Å². The molecule has 0 radical (unpaired) electrons. The number of allylic oxidation sites excluding steroid dienone is 2. The van der Waals surface area contributed by atoms with E-state index >= 15 is 0 Å². The molecule has 0 aliphatic heterocycles. The van der Waals surface area contributed by atoms with Gasteiger partial charge in [-0.2, -0.15) is 21.0 Å². The molecular weight excluding hydrogens is 945 g/mol. The van der Waals surface area contributed by atoms with E-state index < -0.39 is 0 Å². The predicted octanol–water partition coefficient (Wildman–Crippen LogP) is 19.7. The number of nitrogens with zero attached hydrogens (tertiary/aromatic N) is 4. The van der Waals surface area contributed by atoms with Crippen molar-refractivity contribution in [2.75, 3.05) is 0 Å². The van der Waals surface area contributed by atoms with Gasteiger partial charge in [0.05, 0.1) is 0 Å². The molecule has 0 N–H and O–H groups in total. The summed E-state index contributed by atoms with van der Waals surface area (Å²) in [5.74, 6) is 0. The first-order valence-electron chi connectivity index (χ1n) is 27.5. The molecule has 16 aromatic carbocycles. The largest absolute Gasteiger partial charge is 0.192 e. The van der Waals surface area contributed by atoms with Crippen molar-refractivity contribution in [3.8, 4) is 24.3 Å². The Labute approximate surface area is 448 Å². The third-order valence-corrected chi connectivity index (χ3v) is 21.6. The van der Waals surface area contributed by atoms with Crippen LogP contribution < -0.4 is 0 Å². The summed E-state index contributed by atoms with van der Waals surface area (Å²) >= 11 is 0. The maximum Gasteiger partial charge on any atom is 0.138 e. The average molecular weight is 991 g/mol. The third-order valence-electron chi connectivity index (χ3n) is 21.6. The first kappa shape index (κ1) is 42.9. The van der Waals surface area contributed by atoms with Crippen LogP contribution in [0, 0.1) is 142 Å². The minimum absolute atomic E-state index is 0.163. The highest BCUT2D eigenvalue weighted by molar-refractivity contribution is 6.62. The van der Waals surface area contributed by atoms with Crippen LogP contribution >= 0.6 is 0 Å². The van der Waals surface area contributed by atoms with Gasteiger partial charge in [0.25, 0.3) is 0 Å². The average Bonchev–Trinajstić information content (AvgIpc) is 2.00. The molecule has 78 heavy (non-hydrogen) atoms. The molecule has 18 rings (SSSR count). The summed E-state index contributed by atoms with van der Waals surface area (Å²) in [6.45, 7) is 32.7. The smallest absolute Gasteiger partial charge is 0.138 e. The lowest BCUT2D eigenvalue weighted by molar-refractivity contribution is 1.37. The van der Waals surface area contributed by atoms with Crippen LogP contribution in [-0.2, 0) is 0 Å². The second kappa shape index (κ2) is 12.6. The minimum atomic E-state index is 0.163.